The van der Waals surface area contributed by atoms with Gasteiger partial charge in [0.1, 0.15) is 29.5 Å². The van der Waals surface area contributed by atoms with E-state index in [1.54, 1.807) is 60.6 Å². The van der Waals surface area contributed by atoms with E-state index in [-0.39, 0.29) is 26.4 Å². The number of cyclic esters (lactones) is 1. The van der Waals surface area contributed by atoms with Crippen molar-refractivity contribution in [2.24, 2.45) is 0 Å². The lowest BCUT2D eigenvalue weighted by atomic mass is 10.1. The van der Waals surface area contributed by atoms with Crippen molar-refractivity contribution in [2.45, 2.75) is 84.0 Å². The predicted molar refractivity (Wildman–Crippen MR) is 124 cm³/mol. The highest BCUT2D eigenvalue weighted by Gasteiger charge is 2.44. The highest BCUT2D eigenvalue weighted by molar-refractivity contribution is 5.94. The van der Waals surface area contributed by atoms with E-state index in [9.17, 15) is 14.4 Å². The van der Waals surface area contributed by atoms with Gasteiger partial charge in [0.15, 0.2) is 6.04 Å². The second kappa shape index (κ2) is 12.9. The van der Waals surface area contributed by atoms with Crippen molar-refractivity contribution in [3.63, 3.8) is 0 Å². The Morgan fingerprint density at radius 2 is 1.47 bits per heavy atom. The standard InChI is InChI=1S/C24H39NO9/c1-10-12-30-18-15-29-14-17(20(26)32-16(3)19(18)31-13-11-2)25(21(27)33-23(4,5)6)22(28)34-24(7,8)9/h10-11,16-19H,1-2,12-15H2,3-9H3. The molecule has 0 aliphatic carbocycles. The second-order valence-electron chi connectivity index (χ2n) is 9.77. The molecule has 194 valence electrons. The molecule has 0 spiro atoms. The van der Waals surface area contributed by atoms with Gasteiger partial charge in [-0.05, 0) is 48.5 Å². The molecule has 10 nitrogen and oxygen atoms in total. The van der Waals surface area contributed by atoms with Crippen LogP contribution in [0.4, 0.5) is 9.59 Å². The Hall–Kier alpha value is -2.43. The van der Waals surface area contributed by atoms with Gasteiger partial charge in [-0.3, -0.25) is 0 Å². The van der Waals surface area contributed by atoms with Gasteiger partial charge in [0.2, 0.25) is 0 Å². The molecule has 0 radical (unpaired) electrons. The zero-order valence-corrected chi connectivity index (χ0v) is 21.3. The van der Waals surface area contributed by atoms with Crippen molar-refractivity contribution in [3.8, 4) is 0 Å². The summed E-state index contributed by atoms with van der Waals surface area (Å²) in [5.41, 5.74) is -1.86. The van der Waals surface area contributed by atoms with Crippen LogP contribution in [0.2, 0.25) is 0 Å². The molecule has 34 heavy (non-hydrogen) atoms. The second-order valence-corrected chi connectivity index (χ2v) is 9.77. The van der Waals surface area contributed by atoms with Gasteiger partial charge >= 0.3 is 18.2 Å². The fourth-order valence-electron chi connectivity index (χ4n) is 2.98. The van der Waals surface area contributed by atoms with Gasteiger partial charge in [-0.1, -0.05) is 12.2 Å². The number of esters is 1. The highest BCUT2D eigenvalue weighted by atomic mass is 16.6. The maximum atomic E-state index is 13.2. The van der Waals surface area contributed by atoms with E-state index >= 15 is 0 Å². The highest BCUT2D eigenvalue weighted by Crippen LogP contribution is 2.22. The van der Waals surface area contributed by atoms with Crippen molar-refractivity contribution in [1.29, 1.82) is 0 Å². The molecule has 0 saturated carbocycles. The molecular formula is C24H39NO9. The van der Waals surface area contributed by atoms with E-state index in [1.165, 1.54) is 0 Å². The van der Waals surface area contributed by atoms with Crippen molar-refractivity contribution in [2.75, 3.05) is 26.4 Å². The summed E-state index contributed by atoms with van der Waals surface area (Å²) >= 11 is 0. The minimum absolute atomic E-state index is 0.00358. The predicted octanol–water partition coefficient (Wildman–Crippen LogP) is 3.63. The average molecular weight is 486 g/mol. The van der Waals surface area contributed by atoms with E-state index in [4.69, 9.17) is 28.4 Å². The quantitative estimate of drug-likeness (QED) is 0.303. The summed E-state index contributed by atoms with van der Waals surface area (Å²) in [6.45, 7) is 18.8. The summed E-state index contributed by atoms with van der Waals surface area (Å²) in [6.07, 6.45) is -1.10. The van der Waals surface area contributed by atoms with Crippen LogP contribution in [-0.4, -0.2) is 85.0 Å². The average Bonchev–Trinajstić information content (AvgIpc) is 2.72. The van der Waals surface area contributed by atoms with E-state index in [0.29, 0.717) is 4.90 Å². The number of carbonyl (C=O) groups excluding carboxylic acids is 3. The molecule has 4 atom stereocenters. The Bertz CT molecular complexity index is 695. The topological polar surface area (TPSA) is 110 Å². The largest absolute Gasteiger partial charge is 0.458 e. The van der Waals surface area contributed by atoms with Gasteiger partial charge in [-0.2, -0.15) is 4.90 Å². The Labute approximate surface area is 202 Å². The van der Waals surface area contributed by atoms with Crippen molar-refractivity contribution < 1.29 is 42.8 Å². The number of hydrogen-bond acceptors (Lipinski definition) is 9. The zero-order chi connectivity index (χ0) is 26.1. The zero-order valence-electron chi connectivity index (χ0n) is 21.3. The summed E-state index contributed by atoms with van der Waals surface area (Å²) in [4.78, 5) is 39.7. The van der Waals surface area contributed by atoms with E-state index < -0.39 is 53.7 Å². The SMILES string of the molecule is C=CCOC1COCC(N(C(=O)OC(C)(C)C)C(=O)OC(C)(C)C)C(=O)OC(C)C1OCC=C. The molecule has 0 N–H and O–H groups in total. The molecular weight excluding hydrogens is 446 g/mol. The smallest absolute Gasteiger partial charge is 0.420 e. The molecule has 1 fully saturated rings. The van der Waals surface area contributed by atoms with Crippen molar-refractivity contribution in [3.05, 3.63) is 25.3 Å². The van der Waals surface area contributed by atoms with Gasteiger partial charge in [0, 0.05) is 0 Å². The lowest BCUT2D eigenvalue weighted by Gasteiger charge is -2.32. The molecule has 1 saturated heterocycles. The molecule has 0 aromatic carbocycles. The van der Waals surface area contributed by atoms with Crippen LogP contribution in [0.25, 0.3) is 0 Å². The number of amides is 2. The minimum Gasteiger partial charge on any atom is -0.458 e. The first-order valence-corrected chi connectivity index (χ1v) is 11.2. The van der Waals surface area contributed by atoms with Gasteiger partial charge in [-0.15, -0.1) is 13.2 Å². The van der Waals surface area contributed by atoms with Gasteiger partial charge < -0.3 is 28.4 Å². The van der Waals surface area contributed by atoms with Crippen LogP contribution < -0.4 is 0 Å². The van der Waals surface area contributed by atoms with Crippen LogP contribution in [0, 0.1) is 0 Å². The third-order valence-corrected chi connectivity index (χ3v) is 4.29. The summed E-state index contributed by atoms with van der Waals surface area (Å²) in [7, 11) is 0. The van der Waals surface area contributed by atoms with E-state index in [2.05, 4.69) is 13.2 Å². The van der Waals surface area contributed by atoms with Crippen LogP contribution in [-0.2, 0) is 33.2 Å². The molecule has 2 amide bonds. The Morgan fingerprint density at radius 1 is 0.971 bits per heavy atom. The maximum Gasteiger partial charge on any atom is 0.420 e. The maximum absolute atomic E-state index is 13.2. The van der Waals surface area contributed by atoms with Crippen LogP contribution in [0.3, 0.4) is 0 Å². The summed E-state index contributed by atoms with van der Waals surface area (Å²) in [6, 6.07) is -1.45. The van der Waals surface area contributed by atoms with Crippen LogP contribution in [0.15, 0.2) is 25.3 Å². The van der Waals surface area contributed by atoms with Gasteiger partial charge in [0.25, 0.3) is 0 Å². The van der Waals surface area contributed by atoms with E-state index in [1.807, 2.05) is 0 Å². The number of ether oxygens (including phenoxy) is 6. The number of carbonyl (C=O) groups is 3. The minimum atomic E-state index is -1.45. The van der Waals surface area contributed by atoms with Crippen LogP contribution in [0.5, 0.6) is 0 Å². The molecule has 1 aliphatic rings. The fraction of sp³-hybridized carbons (Fsp3) is 0.708. The van der Waals surface area contributed by atoms with Gasteiger partial charge in [0.05, 0.1) is 26.4 Å². The van der Waals surface area contributed by atoms with Crippen LogP contribution >= 0.6 is 0 Å². The summed E-state index contributed by atoms with van der Waals surface area (Å²) in [5.74, 6) is -0.874. The Kier molecular flexibility index (Phi) is 11.2. The Balaban J connectivity index is 3.30. The summed E-state index contributed by atoms with van der Waals surface area (Å²) < 4.78 is 33.6. The fourth-order valence-corrected chi connectivity index (χ4v) is 2.98. The number of imide groups is 1. The van der Waals surface area contributed by atoms with E-state index in [0.717, 1.165) is 0 Å². The Morgan fingerprint density at radius 3 is 1.94 bits per heavy atom. The first kappa shape index (κ1) is 29.6. The number of hydrogen-bond donors (Lipinski definition) is 0. The molecule has 4 unspecified atom stereocenters. The third-order valence-electron chi connectivity index (χ3n) is 4.29. The molecule has 10 heteroatoms. The lowest BCUT2D eigenvalue weighted by Crippen LogP contribution is -2.54. The first-order chi connectivity index (χ1) is 15.7. The van der Waals surface area contributed by atoms with Gasteiger partial charge in [-0.25, -0.2) is 14.4 Å². The van der Waals surface area contributed by atoms with Crippen molar-refractivity contribution >= 4 is 18.2 Å². The number of nitrogens with zero attached hydrogens (tertiary/aromatic N) is 1. The molecule has 0 aromatic rings. The molecule has 0 bridgehead atoms. The lowest BCUT2D eigenvalue weighted by molar-refractivity contribution is -0.167. The molecule has 1 aliphatic heterocycles. The molecule has 0 aromatic heterocycles. The number of rotatable bonds is 7. The summed E-state index contributed by atoms with van der Waals surface area (Å²) in [5, 5.41) is 0. The monoisotopic (exact) mass is 485 g/mol. The normalized spacial score (nSPS) is 24.0. The van der Waals surface area contributed by atoms with Crippen LogP contribution in [0.1, 0.15) is 48.5 Å². The molecule has 1 rings (SSSR count). The van der Waals surface area contributed by atoms with Crippen molar-refractivity contribution in [1.82, 2.24) is 4.90 Å². The molecule has 1 heterocycles. The first-order valence-electron chi connectivity index (χ1n) is 11.2. The third kappa shape index (κ3) is 9.82.